The molecule has 0 amide bonds. The van der Waals surface area contributed by atoms with Gasteiger partial charge >= 0.3 is 0 Å². The molecule has 0 aliphatic carbocycles. The Morgan fingerprint density at radius 1 is 0.789 bits per heavy atom. The van der Waals surface area contributed by atoms with Crippen LogP contribution in [0.4, 0.5) is 0 Å². The molecule has 2 heteroatoms. The predicted octanol–water partition coefficient (Wildman–Crippen LogP) is 3.97. The Morgan fingerprint density at radius 3 is 1.84 bits per heavy atom. The third-order valence-corrected chi connectivity index (χ3v) is 4.36. The van der Waals surface area contributed by atoms with Crippen molar-refractivity contribution in [3.8, 4) is 0 Å². The van der Waals surface area contributed by atoms with E-state index in [1.807, 2.05) is 0 Å². The van der Waals surface area contributed by atoms with E-state index in [-0.39, 0.29) is 0 Å². The second-order valence-electron chi connectivity index (χ2n) is 6.30. The molecule has 1 heterocycles. The van der Waals surface area contributed by atoms with Crippen molar-refractivity contribution in [3.63, 3.8) is 0 Å². The average Bonchev–Trinajstić information content (AvgIpc) is 2.42. The largest absolute Gasteiger partial charge is 0.301 e. The summed E-state index contributed by atoms with van der Waals surface area (Å²) in [5, 5.41) is 0. The zero-order valence-corrected chi connectivity index (χ0v) is 13.4. The van der Waals surface area contributed by atoms with Crippen molar-refractivity contribution in [1.29, 1.82) is 0 Å². The fourth-order valence-electron chi connectivity index (χ4n) is 2.90. The van der Waals surface area contributed by atoms with Crippen molar-refractivity contribution < 1.29 is 0 Å². The van der Waals surface area contributed by atoms with Gasteiger partial charge in [0, 0.05) is 32.2 Å². The maximum absolute atomic E-state index is 3.89. The minimum atomic E-state index is 0.723. The molecule has 0 aromatic heterocycles. The Kier molecular flexibility index (Phi) is 9.54. The molecule has 1 aliphatic rings. The van der Waals surface area contributed by atoms with E-state index in [0.717, 1.165) is 12.5 Å². The summed E-state index contributed by atoms with van der Waals surface area (Å²) in [5.41, 5.74) is 0. The van der Waals surface area contributed by atoms with E-state index in [4.69, 9.17) is 0 Å². The molecule has 0 aromatic rings. The Bertz CT molecular complexity index is 195. The highest BCUT2D eigenvalue weighted by molar-refractivity contribution is 4.73. The zero-order valence-electron chi connectivity index (χ0n) is 13.4. The van der Waals surface area contributed by atoms with Gasteiger partial charge in [-0.25, -0.2) is 0 Å². The minimum absolute atomic E-state index is 0.723. The number of rotatable bonds is 10. The van der Waals surface area contributed by atoms with Gasteiger partial charge in [0.2, 0.25) is 0 Å². The number of piperazine rings is 1. The summed E-state index contributed by atoms with van der Waals surface area (Å²) in [6, 6.07) is 0.723. The van der Waals surface area contributed by atoms with E-state index in [1.54, 1.807) is 0 Å². The zero-order chi connectivity index (χ0) is 13.9. The first-order valence-electron chi connectivity index (χ1n) is 8.49. The molecule has 1 aliphatic heterocycles. The molecule has 0 spiro atoms. The third kappa shape index (κ3) is 7.94. The SMILES string of the molecule is [CH2]CCCCCCCCCN1CCN(C(C)C)CC1. The second kappa shape index (κ2) is 10.7. The summed E-state index contributed by atoms with van der Waals surface area (Å²) in [5.74, 6) is 0. The molecule has 2 nitrogen and oxygen atoms in total. The lowest BCUT2D eigenvalue weighted by atomic mass is 10.1. The summed E-state index contributed by atoms with van der Waals surface area (Å²) in [6.07, 6.45) is 10.9. The van der Waals surface area contributed by atoms with Crippen LogP contribution in [0.2, 0.25) is 0 Å². The minimum Gasteiger partial charge on any atom is -0.301 e. The highest BCUT2D eigenvalue weighted by atomic mass is 15.3. The Morgan fingerprint density at radius 2 is 1.32 bits per heavy atom. The fraction of sp³-hybridized carbons (Fsp3) is 0.941. The molecule has 0 bridgehead atoms. The molecule has 0 saturated carbocycles. The Balaban J connectivity index is 1.88. The van der Waals surface area contributed by atoms with Crippen LogP contribution in [0.1, 0.15) is 65.2 Å². The quantitative estimate of drug-likeness (QED) is 0.553. The lowest BCUT2D eigenvalue weighted by Gasteiger charge is -2.36. The lowest BCUT2D eigenvalue weighted by molar-refractivity contribution is 0.107. The summed E-state index contributed by atoms with van der Waals surface area (Å²) < 4.78 is 0. The topological polar surface area (TPSA) is 6.48 Å². The third-order valence-electron chi connectivity index (χ3n) is 4.36. The van der Waals surface area contributed by atoms with Crippen LogP contribution in [0.5, 0.6) is 0 Å². The second-order valence-corrected chi connectivity index (χ2v) is 6.30. The first-order valence-corrected chi connectivity index (χ1v) is 8.49. The monoisotopic (exact) mass is 267 g/mol. The maximum Gasteiger partial charge on any atom is 0.0113 e. The van der Waals surface area contributed by atoms with Gasteiger partial charge in [-0.05, 0) is 26.8 Å². The molecule has 19 heavy (non-hydrogen) atoms. The molecule has 1 radical (unpaired) electrons. The van der Waals surface area contributed by atoms with Gasteiger partial charge in [-0.2, -0.15) is 0 Å². The van der Waals surface area contributed by atoms with Gasteiger partial charge in [-0.15, -0.1) is 0 Å². The molecule has 0 N–H and O–H groups in total. The highest BCUT2D eigenvalue weighted by Crippen LogP contribution is 2.10. The smallest absolute Gasteiger partial charge is 0.0113 e. The summed E-state index contributed by atoms with van der Waals surface area (Å²) in [6.45, 7) is 14.9. The van der Waals surface area contributed by atoms with E-state index in [1.165, 1.54) is 77.7 Å². The fourth-order valence-corrected chi connectivity index (χ4v) is 2.90. The van der Waals surface area contributed by atoms with Crippen LogP contribution >= 0.6 is 0 Å². The van der Waals surface area contributed by atoms with Crippen LogP contribution in [-0.4, -0.2) is 48.6 Å². The molecular formula is C17H35N2. The summed E-state index contributed by atoms with van der Waals surface area (Å²) >= 11 is 0. The predicted molar refractivity (Wildman–Crippen MR) is 85.4 cm³/mol. The van der Waals surface area contributed by atoms with Gasteiger partial charge in [-0.3, -0.25) is 4.90 Å². The van der Waals surface area contributed by atoms with E-state index >= 15 is 0 Å². The maximum atomic E-state index is 3.89. The van der Waals surface area contributed by atoms with Crippen LogP contribution in [0.25, 0.3) is 0 Å². The van der Waals surface area contributed by atoms with Crippen molar-refractivity contribution in [3.05, 3.63) is 6.92 Å². The van der Waals surface area contributed by atoms with Gasteiger partial charge in [0.15, 0.2) is 0 Å². The first kappa shape index (κ1) is 17.0. The molecule has 0 atom stereocenters. The molecule has 0 unspecified atom stereocenters. The van der Waals surface area contributed by atoms with Gasteiger partial charge in [0.1, 0.15) is 0 Å². The van der Waals surface area contributed by atoms with Gasteiger partial charge in [-0.1, -0.05) is 51.9 Å². The van der Waals surface area contributed by atoms with Crippen molar-refractivity contribution in [1.82, 2.24) is 9.80 Å². The van der Waals surface area contributed by atoms with E-state index in [2.05, 4.69) is 30.6 Å². The molecule has 1 rings (SSSR count). The van der Waals surface area contributed by atoms with Crippen molar-refractivity contribution in [2.24, 2.45) is 0 Å². The normalized spacial score (nSPS) is 18.3. The molecular weight excluding hydrogens is 232 g/mol. The number of hydrogen-bond acceptors (Lipinski definition) is 2. The lowest BCUT2D eigenvalue weighted by Crippen LogP contribution is -2.48. The van der Waals surface area contributed by atoms with Crippen LogP contribution in [0.3, 0.4) is 0 Å². The molecule has 0 aromatic carbocycles. The number of hydrogen-bond donors (Lipinski definition) is 0. The van der Waals surface area contributed by atoms with E-state index in [0.29, 0.717) is 0 Å². The molecule has 1 fully saturated rings. The van der Waals surface area contributed by atoms with Crippen LogP contribution < -0.4 is 0 Å². The average molecular weight is 267 g/mol. The first-order chi connectivity index (χ1) is 9.24. The van der Waals surface area contributed by atoms with Crippen LogP contribution in [0.15, 0.2) is 0 Å². The van der Waals surface area contributed by atoms with Crippen molar-refractivity contribution in [2.45, 2.75) is 71.3 Å². The summed E-state index contributed by atoms with van der Waals surface area (Å²) in [4.78, 5) is 5.25. The van der Waals surface area contributed by atoms with Gasteiger partial charge < -0.3 is 4.90 Å². The van der Waals surface area contributed by atoms with E-state index in [9.17, 15) is 0 Å². The van der Waals surface area contributed by atoms with Crippen LogP contribution in [-0.2, 0) is 0 Å². The standard InChI is InChI=1S/C17H35N2/c1-4-5-6-7-8-9-10-11-12-18-13-15-19(16-14-18)17(2)3/h17H,1,4-16H2,2-3H3. The Hall–Kier alpha value is -0.0800. The highest BCUT2D eigenvalue weighted by Gasteiger charge is 2.17. The number of unbranched alkanes of at least 4 members (excludes halogenated alkanes) is 7. The van der Waals surface area contributed by atoms with Gasteiger partial charge in [0.25, 0.3) is 0 Å². The summed E-state index contributed by atoms with van der Waals surface area (Å²) in [7, 11) is 0. The van der Waals surface area contributed by atoms with Crippen molar-refractivity contribution in [2.75, 3.05) is 32.7 Å². The Labute approximate surface area is 121 Å². The number of nitrogens with zero attached hydrogens (tertiary/aromatic N) is 2. The van der Waals surface area contributed by atoms with Crippen LogP contribution in [0, 0.1) is 6.92 Å². The van der Waals surface area contributed by atoms with Gasteiger partial charge in [0.05, 0.1) is 0 Å². The van der Waals surface area contributed by atoms with Crippen molar-refractivity contribution >= 4 is 0 Å². The molecule has 113 valence electrons. The molecule has 1 saturated heterocycles. The van der Waals surface area contributed by atoms with E-state index < -0.39 is 0 Å².